The van der Waals surface area contributed by atoms with Gasteiger partial charge in [0, 0.05) is 0 Å². The van der Waals surface area contributed by atoms with Crippen molar-refractivity contribution in [2.45, 2.75) is 216 Å². The van der Waals surface area contributed by atoms with E-state index in [2.05, 4.69) is 75.3 Å². The van der Waals surface area contributed by atoms with E-state index in [1.165, 1.54) is 109 Å². The van der Waals surface area contributed by atoms with Crippen LogP contribution in [0, 0.1) is 110 Å². The average molecular weight is 773 g/mol. The normalized spacial score (nSPS) is 51.0. The summed E-state index contributed by atoms with van der Waals surface area (Å²) in [6, 6.07) is 0. The highest BCUT2D eigenvalue weighted by Crippen LogP contribution is 2.74. The van der Waals surface area contributed by atoms with Gasteiger partial charge in [0.05, 0.1) is 12.2 Å². The number of allylic oxidation sites excluding steroid dienone is 1. The van der Waals surface area contributed by atoms with Crippen molar-refractivity contribution in [2.24, 2.45) is 110 Å². The van der Waals surface area contributed by atoms with Gasteiger partial charge in [-0.2, -0.15) is 0 Å². The van der Waals surface area contributed by atoms with Gasteiger partial charge in [-0.15, -0.1) is 0 Å². The molecule has 8 aliphatic carbocycles. The third kappa shape index (κ3) is 6.92. The first-order valence-corrected chi connectivity index (χ1v) is 25.6. The highest BCUT2D eigenvalue weighted by atomic mass is 16.3. The summed E-state index contributed by atoms with van der Waals surface area (Å²) in [4.78, 5) is 0. The molecule has 7 fully saturated rings. The Hall–Kier alpha value is -0.340. The van der Waals surface area contributed by atoms with Crippen LogP contribution in [-0.2, 0) is 0 Å². The van der Waals surface area contributed by atoms with Crippen molar-refractivity contribution in [3.8, 4) is 0 Å². The summed E-state index contributed by atoms with van der Waals surface area (Å²) in [6.45, 7) is 26.0. The van der Waals surface area contributed by atoms with Crippen LogP contribution in [0.2, 0.25) is 0 Å². The molecule has 0 aromatic carbocycles. The third-order valence-electron chi connectivity index (χ3n) is 21.9. The van der Waals surface area contributed by atoms with E-state index in [-0.39, 0.29) is 17.6 Å². The van der Waals surface area contributed by atoms with Gasteiger partial charge in [-0.1, -0.05) is 119 Å². The van der Waals surface area contributed by atoms with Crippen molar-refractivity contribution in [3.63, 3.8) is 0 Å². The first-order valence-electron chi connectivity index (χ1n) is 25.6. The lowest BCUT2D eigenvalue weighted by Gasteiger charge is -2.67. The maximum absolute atomic E-state index is 12.0. The lowest BCUT2D eigenvalue weighted by molar-refractivity contribution is -0.184. The maximum Gasteiger partial charge on any atom is 0.0577 e. The van der Waals surface area contributed by atoms with E-state index in [9.17, 15) is 10.2 Å². The molecule has 0 bridgehead atoms. The van der Waals surface area contributed by atoms with Gasteiger partial charge in [0.15, 0.2) is 0 Å². The molecule has 320 valence electrons. The third-order valence-corrected chi connectivity index (χ3v) is 21.9. The van der Waals surface area contributed by atoms with Crippen LogP contribution >= 0.6 is 0 Å². The Morgan fingerprint density at radius 3 is 1.79 bits per heavy atom. The van der Waals surface area contributed by atoms with E-state index < -0.39 is 0 Å². The predicted octanol–water partition coefficient (Wildman–Crippen LogP) is 14.3. The first kappa shape index (κ1) is 42.4. The minimum atomic E-state index is -0.165. The molecule has 0 spiro atoms. The van der Waals surface area contributed by atoms with Crippen molar-refractivity contribution in [3.05, 3.63) is 11.6 Å². The summed E-state index contributed by atoms with van der Waals surface area (Å²) in [5.74, 6) is 11.9. The summed E-state index contributed by atoms with van der Waals surface area (Å²) in [7, 11) is 0. The summed E-state index contributed by atoms with van der Waals surface area (Å²) >= 11 is 0. The molecule has 8 rings (SSSR count). The smallest absolute Gasteiger partial charge is 0.0577 e. The fourth-order valence-electron chi connectivity index (χ4n) is 19.1. The van der Waals surface area contributed by atoms with Gasteiger partial charge in [0.2, 0.25) is 0 Å². The molecule has 0 aliphatic heterocycles. The summed E-state index contributed by atoms with van der Waals surface area (Å²) in [6.07, 6.45) is 30.5. The van der Waals surface area contributed by atoms with Crippen LogP contribution < -0.4 is 0 Å². The van der Waals surface area contributed by atoms with E-state index in [4.69, 9.17) is 0 Å². The fraction of sp³-hybridized carbons (Fsp3) is 0.963. The Bertz CT molecular complexity index is 1400. The Morgan fingerprint density at radius 2 is 1.16 bits per heavy atom. The second-order valence-corrected chi connectivity index (χ2v) is 25.2. The summed E-state index contributed by atoms with van der Waals surface area (Å²) < 4.78 is 0. The molecule has 0 amide bonds. The summed E-state index contributed by atoms with van der Waals surface area (Å²) in [5.41, 5.74) is 3.19. The molecule has 0 radical (unpaired) electrons. The quantitative estimate of drug-likeness (QED) is 0.205. The summed E-state index contributed by atoms with van der Waals surface area (Å²) in [5, 5.41) is 23.2. The molecule has 2 nitrogen and oxygen atoms in total. The molecular weight excluding hydrogens is 681 g/mol. The van der Waals surface area contributed by atoms with Crippen LogP contribution in [0.3, 0.4) is 0 Å². The molecule has 0 saturated heterocycles. The van der Waals surface area contributed by atoms with E-state index in [0.29, 0.717) is 34.0 Å². The second kappa shape index (κ2) is 15.8. The molecule has 8 aliphatic rings. The highest BCUT2D eigenvalue weighted by molar-refractivity contribution is 5.29. The van der Waals surface area contributed by atoms with E-state index in [0.717, 1.165) is 96.7 Å². The van der Waals surface area contributed by atoms with Crippen LogP contribution in [0.4, 0.5) is 0 Å². The van der Waals surface area contributed by atoms with E-state index in [1.807, 2.05) is 0 Å². The van der Waals surface area contributed by atoms with Crippen LogP contribution in [0.15, 0.2) is 11.6 Å². The van der Waals surface area contributed by atoms with Crippen molar-refractivity contribution < 1.29 is 10.2 Å². The monoisotopic (exact) mass is 773 g/mol. The first-order chi connectivity index (χ1) is 26.5. The van der Waals surface area contributed by atoms with Gasteiger partial charge in [-0.3, -0.25) is 0 Å². The van der Waals surface area contributed by atoms with Gasteiger partial charge in [-0.05, 0) is 207 Å². The molecule has 3 unspecified atom stereocenters. The standard InChI is InChI=1S/C54H92O2/c1-33(2)13-11-15-35(5)43-19-21-45-41-18-17-37-29-40(56)32-49(54(37,10)46(41)24-27-52(43,45)8)42-31-38-30-39(55)23-26-51(38,7)48-25-28-53(9)44(20-22-47(53)50(42)48)36(6)16-12-14-34(3)4/h31,33-37,39-50,55-56H,11-30,32H2,1-10H3/t35-,36-,37?,39+,40-,41+,42?,43-,44-,45+,46+,47+,48+,49?,50+,51+,52-,53-,54+/m1/s1. The number of fused-ring (bicyclic) bond motifs is 10. The Balaban J connectivity index is 1.13. The molecule has 2 N–H and O–H groups in total. The zero-order valence-electron chi connectivity index (χ0n) is 38.6. The molecule has 19 atom stereocenters. The largest absolute Gasteiger partial charge is 0.393 e. The molecule has 0 heterocycles. The van der Waals surface area contributed by atoms with Crippen LogP contribution in [0.5, 0.6) is 0 Å². The maximum atomic E-state index is 12.0. The van der Waals surface area contributed by atoms with Gasteiger partial charge in [-0.25, -0.2) is 0 Å². The zero-order chi connectivity index (χ0) is 39.9. The van der Waals surface area contributed by atoms with Crippen LogP contribution in [0.25, 0.3) is 0 Å². The number of rotatable bonds is 11. The molecule has 56 heavy (non-hydrogen) atoms. The van der Waals surface area contributed by atoms with Crippen LogP contribution in [-0.4, -0.2) is 22.4 Å². The fourth-order valence-corrected chi connectivity index (χ4v) is 19.1. The SMILES string of the molecule is CC(C)CCC[C@@H](C)[C@H]1CC[C@H]2[C@@H]3CCC4C[C@@H](O)CC(C5C=C6C[C@@H](O)CC[C@]6(C)[C@H]6CC[C@]7(C)[C@@H]([C@H](C)CCCC(C)C)CC[C@H]7[C@H]56)[C@]4(C)[C@H]3CC[C@]12C. The average Bonchev–Trinajstić information content (AvgIpc) is 3.68. The Morgan fingerprint density at radius 1 is 0.571 bits per heavy atom. The molecule has 7 saturated carbocycles. The number of aliphatic hydroxyl groups excluding tert-OH is 2. The number of aliphatic hydroxyl groups is 2. The van der Waals surface area contributed by atoms with Crippen molar-refractivity contribution in [2.75, 3.05) is 0 Å². The van der Waals surface area contributed by atoms with Gasteiger partial charge in [0.1, 0.15) is 0 Å². The highest BCUT2D eigenvalue weighted by Gasteiger charge is 2.67. The van der Waals surface area contributed by atoms with Crippen molar-refractivity contribution >= 4 is 0 Å². The van der Waals surface area contributed by atoms with Crippen molar-refractivity contribution in [1.82, 2.24) is 0 Å². The van der Waals surface area contributed by atoms with Crippen molar-refractivity contribution in [1.29, 1.82) is 0 Å². The Kier molecular flexibility index (Phi) is 12.0. The lowest BCUT2D eigenvalue weighted by atomic mass is 9.37. The minimum Gasteiger partial charge on any atom is -0.393 e. The molecular formula is C54H92O2. The van der Waals surface area contributed by atoms with E-state index in [1.54, 1.807) is 5.57 Å². The molecule has 0 aromatic heterocycles. The number of hydrogen-bond acceptors (Lipinski definition) is 2. The minimum absolute atomic E-state index is 0.139. The predicted molar refractivity (Wildman–Crippen MR) is 236 cm³/mol. The molecule has 0 aromatic rings. The number of hydrogen-bond donors (Lipinski definition) is 2. The zero-order valence-corrected chi connectivity index (χ0v) is 38.6. The second-order valence-electron chi connectivity index (χ2n) is 25.2. The lowest BCUT2D eigenvalue weighted by Crippen LogP contribution is -2.61. The topological polar surface area (TPSA) is 40.5 Å². The Labute approximate surface area is 347 Å². The van der Waals surface area contributed by atoms with E-state index >= 15 is 0 Å². The van der Waals surface area contributed by atoms with Crippen LogP contribution in [0.1, 0.15) is 204 Å². The van der Waals surface area contributed by atoms with Gasteiger partial charge >= 0.3 is 0 Å². The van der Waals surface area contributed by atoms with Gasteiger partial charge in [0.25, 0.3) is 0 Å². The molecule has 2 heteroatoms. The van der Waals surface area contributed by atoms with Gasteiger partial charge < -0.3 is 10.2 Å².